The smallest absolute Gasteiger partial charge is 0.0320 e. The summed E-state index contributed by atoms with van der Waals surface area (Å²) in [5, 5.41) is 5.53. The number of hydrogen-bond acceptors (Lipinski definition) is 3. The topological polar surface area (TPSA) is 12.0 Å². The maximum atomic E-state index is 3.83. The van der Waals surface area contributed by atoms with Crippen molar-refractivity contribution in [2.24, 2.45) is 5.92 Å². The van der Waals surface area contributed by atoms with Crippen LogP contribution >= 0.6 is 23.5 Å². The summed E-state index contributed by atoms with van der Waals surface area (Å²) in [7, 11) is 0. The van der Waals surface area contributed by atoms with E-state index in [1.165, 1.54) is 43.7 Å². The van der Waals surface area contributed by atoms with E-state index < -0.39 is 0 Å². The minimum Gasteiger partial charge on any atom is -0.313 e. The second-order valence-corrected chi connectivity index (χ2v) is 8.10. The Labute approximate surface area is 123 Å². The van der Waals surface area contributed by atoms with Crippen molar-refractivity contribution in [3.05, 3.63) is 0 Å². The summed E-state index contributed by atoms with van der Waals surface area (Å²) >= 11 is 4.43. The van der Waals surface area contributed by atoms with Crippen LogP contribution in [0.25, 0.3) is 0 Å². The summed E-state index contributed by atoms with van der Waals surface area (Å²) < 4.78 is 0. The van der Waals surface area contributed by atoms with Crippen LogP contribution in [0.1, 0.15) is 53.4 Å². The van der Waals surface area contributed by atoms with E-state index in [4.69, 9.17) is 0 Å². The molecule has 0 radical (unpaired) electrons. The lowest BCUT2D eigenvalue weighted by Gasteiger charge is -2.37. The van der Waals surface area contributed by atoms with Gasteiger partial charge >= 0.3 is 0 Å². The molecule has 1 N–H and O–H groups in total. The van der Waals surface area contributed by atoms with Gasteiger partial charge in [-0.2, -0.15) is 23.5 Å². The predicted octanol–water partition coefficient (Wildman–Crippen LogP) is 4.42. The quantitative estimate of drug-likeness (QED) is 0.710. The number of hydrogen-bond donors (Lipinski definition) is 1. The fourth-order valence-corrected chi connectivity index (χ4v) is 5.85. The van der Waals surface area contributed by atoms with E-state index in [9.17, 15) is 0 Å². The summed E-state index contributed by atoms with van der Waals surface area (Å²) in [5.41, 5.74) is 0. The van der Waals surface area contributed by atoms with E-state index in [0.29, 0.717) is 0 Å². The normalized spacial score (nSPS) is 28.0. The predicted molar refractivity (Wildman–Crippen MR) is 88.9 cm³/mol. The van der Waals surface area contributed by atoms with Crippen LogP contribution in [0.4, 0.5) is 0 Å². The third-order valence-corrected chi connectivity index (χ3v) is 7.31. The molecule has 108 valence electrons. The lowest BCUT2D eigenvalue weighted by molar-refractivity contribution is 0.379. The maximum Gasteiger partial charge on any atom is 0.0320 e. The van der Waals surface area contributed by atoms with Crippen LogP contribution in [-0.4, -0.2) is 34.6 Å². The van der Waals surface area contributed by atoms with Crippen LogP contribution in [-0.2, 0) is 0 Å². The molecule has 0 aromatic rings. The zero-order valence-electron chi connectivity index (χ0n) is 12.6. The Morgan fingerprint density at radius 3 is 2.50 bits per heavy atom. The van der Waals surface area contributed by atoms with Crippen molar-refractivity contribution in [3.8, 4) is 0 Å². The van der Waals surface area contributed by atoms with Crippen molar-refractivity contribution in [2.75, 3.05) is 18.1 Å². The molecule has 4 unspecified atom stereocenters. The molecule has 3 heteroatoms. The standard InChI is InChI=1S/C15H31NS2/c1-5-8-16-13(11-12(4)6-2)15-14(7-3)17-9-10-18-15/h12-16H,5-11H2,1-4H3. The number of rotatable bonds is 8. The minimum absolute atomic E-state index is 0.725. The Morgan fingerprint density at radius 2 is 1.89 bits per heavy atom. The van der Waals surface area contributed by atoms with Gasteiger partial charge in [-0.05, 0) is 31.7 Å². The molecular formula is C15H31NS2. The van der Waals surface area contributed by atoms with Crippen molar-refractivity contribution < 1.29 is 0 Å². The Balaban J connectivity index is 2.59. The Morgan fingerprint density at radius 1 is 1.17 bits per heavy atom. The summed E-state index contributed by atoms with van der Waals surface area (Å²) in [4.78, 5) is 0. The fraction of sp³-hybridized carbons (Fsp3) is 1.00. The maximum absolute atomic E-state index is 3.83. The molecule has 0 aliphatic carbocycles. The largest absolute Gasteiger partial charge is 0.313 e. The molecule has 1 saturated heterocycles. The van der Waals surface area contributed by atoms with Crippen LogP contribution in [0.5, 0.6) is 0 Å². The van der Waals surface area contributed by atoms with E-state index in [2.05, 4.69) is 56.5 Å². The molecule has 0 spiro atoms. The highest BCUT2D eigenvalue weighted by molar-refractivity contribution is 8.07. The molecule has 0 aromatic heterocycles. The highest BCUT2D eigenvalue weighted by Gasteiger charge is 2.32. The van der Waals surface area contributed by atoms with Gasteiger partial charge in [0.05, 0.1) is 0 Å². The second kappa shape index (κ2) is 9.55. The zero-order chi connectivity index (χ0) is 13.4. The van der Waals surface area contributed by atoms with Gasteiger partial charge in [0.25, 0.3) is 0 Å². The van der Waals surface area contributed by atoms with Gasteiger partial charge in [-0.15, -0.1) is 0 Å². The van der Waals surface area contributed by atoms with E-state index in [0.717, 1.165) is 22.5 Å². The first kappa shape index (κ1) is 16.7. The Bertz CT molecular complexity index is 211. The highest BCUT2D eigenvalue weighted by atomic mass is 32.2. The van der Waals surface area contributed by atoms with Gasteiger partial charge in [0.2, 0.25) is 0 Å². The average molecular weight is 290 g/mol. The van der Waals surface area contributed by atoms with Crippen LogP contribution in [0, 0.1) is 5.92 Å². The molecule has 1 nitrogen and oxygen atoms in total. The highest BCUT2D eigenvalue weighted by Crippen LogP contribution is 2.36. The number of nitrogens with one attached hydrogen (secondary N) is 1. The summed E-state index contributed by atoms with van der Waals surface area (Å²) in [6.45, 7) is 10.5. The molecule has 0 amide bonds. The van der Waals surface area contributed by atoms with Crippen molar-refractivity contribution in [1.29, 1.82) is 0 Å². The van der Waals surface area contributed by atoms with Crippen LogP contribution in [0.15, 0.2) is 0 Å². The van der Waals surface area contributed by atoms with E-state index in [1.807, 2.05) is 0 Å². The van der Waals surface area contributed by atoms with Crippen molar-refractivity contribution in [3.63, 3.8) is 0 Å². The van der Waals surface area contributed by atoms with Gasteiger partial charge in [0.15, 0.2) is 0 Å². The summed E-state index contributed by atoms with van der Waals surface area (Å²) in [5.74, 6) is 3.55. The molecule has 1 fully saturated rings. The molecular weight excluding hydrogens is 258 g/mol. The van der Waals surface area contributed by atoms with E-state index >= 15 is 0 Å². The average Bonchev–Trinajstić information content (AvgIpc) is 2.43. The Hall–Kier alpha value is 0.660. The number of thioether (sulfide) groups is 2. The van der Waals surface area contributed by atoms with Crippen molar-refractivity contribution >= 4 is 23.5 Å². The summed E-state index contributed by atoms with van der Waals surface area (Å²) in [6.07, 6.45) is 5.24. The van der Waals surface area contributed by atoms with Crippen molar-refractivity contribution in [2.45, 2.75) is 69.9 Å². The lowest BCUT2D eigenvalue weighted by atomic mass is 9.95. The molecule has 1 aliphatic heterocycles. The molecule has 0 aromatic carbocycles. The molecule has 1 rings (SSSR count). The molecule has 1 heterocycles. The van der Waals surface area contributed by atoms with Gasteiger partial charge in [0, 0.05) is 28.0 Å². The van der Waals surface area contributed by atoms with Gasteiger partial charge < -0.3 is 5.32 Å². The van der Waals surface area contributed by atoms with Crippen molar-refractivity contribution in [1.82, 2.24) is 5.32 Å². The van der Waals surface area contributed by atoms with E-state index in [-0.39, 0.29) is 0 Å². The van der Waals surface area contributed by atoms with Gasteiger partial charge in [-0.1, -0.05) is 34.1 Å². The molecule has 18 heavy (non-hydrogen) atoms. The molecule has 1 aliphatic rings. The molecule has 0 saturated carbocycles. The Kier molecular flexibility index (Phi) is 8.86. The third-order valence-electron chi connectivity index (χ3n) is 3.90. The lowest BCUT2D eigenvalue weighted by Crippen LogP contribution is -2.46. The summed E-state index contributed by atoms with van der Waals surface area (Å²) in [6, 6.07) is 0.725. The first-order chi connectivity index (χ1) is 8.72. The molecule has 0 bridgehead atoms. The van der Waals surface area contributed by atoms with Gasteiger partial charge in [0.1, 0.15) is 0 Å². The van der Waals surface area contributed by atoms with Gasteiger partial charge in [-0.25, -0.2) is 0 Å². The fourth-order valence-electron chi connectivity index (χ4n) is 2.57. The first-order valence-corrected chi connectivity index (χ1v) is 9.79. The van der Waals surface area contributed by atoms with Crippen LogP contribution in [0.2, 0.25) is 0 Å². The zero-order valence-corrected chi connectivity index (χ0v) is 14.2. The monoisotopic (exact) mass is 289 g/mol. The third kappa shape index (κ3) is 5.34. The first-order valence-electron chi connectivity index (χ1n) is 7.69. The van der Waals surface area contributed by atoms with Crippen LogP contribution in [0.3, 0.4) is 0 Å². The SMILES string of the molecule is CCCNC(CC(C)CC)C1SCCSC1CC. The molecule has 4 atom stereocenters. The van der Waals surface area contributed by atoms with Crippen LogP contribution < -0.4 is 5.32 Å². The second-order valence-electron chi connectivity index (χ2n) is 5.46. The van der Waals surface area contributed by atoms with Gasteiger partial charge in [-0.3, -0.25) is 0 Å². The van der Waals surface area contributed by atoms with E-state index in [1.54, 1.807) is 0 Å². The minimum atomic E-state index is 0.725.